The predicted octanol–water partition coefficient (Wildman–Crippen LogP) is 9.14. The van der Waals surface area contributed by atoms with E-state index in [1.165, 1.54) is 25.4 Å². The molecule has 10 nitrogen and oxygen atoms in total. The Morgan fingerprint density at radius 1 is 0.893 bits per heavy atom. The lowest BCUT2D eigenvalue weighted by Gasteiger charge is -2.28. The number of nitrogens with one attached hydrogen (secondary N) is 2. The number of pyridine rings is 2. The molecule has 0 radical (unpaired) electrons. The first-order valence-electron chi connectivity index (χ1n) is 17.5. The minimum atomic E-state index is -4.83. The molecule has 0 atom stereocenters. The Morgan fingerprint density at radius 3 is 2.09 bits per heavy atom. The Labute approximate surface area is 331 Å². The molecule has 6 aromatic rings. The number of nitrogens with zero attached hydrogens (tertiary/aromatic N) is 4. The number of anilines is 1. The monoisotopic (exact) mass is 806 g/mol. The number of fused-ring (bicyclic) bond motifs is 1. The third kappa shape index (κ3) is 8.85. The van der Waals surface area contributed by atoms with Crippen LogP contribution in [0.1, 0.15) is 41.7 Å². The van der Waals surface area contributed by atoms with E-state index in [9.17, 15) is 4.79 Å². The lowest BCUT2D eigenvalue weighted by molar-refractivity contribution is -0.137. The van der Waals surface area contributed by atoms with Gasteiger partial charge in [0.2, 0.25) is 0 Å². The molecule has 3 heterocycles. The van der Waals surface area contributed by atoms with Crippen LogP contribution in [0.25, 0.3) is 22.2 Å². The van der Waals surface area contributed by atoms with Gasteiger partial charge in [-0.25, -0.2) is 15.0 Å². The number of benzene rings is 3. The predicted molar refractivity (Wildman–Crippen MR) is 212 cm³/mol. The highest BCUT2D eigenvalue weighted by Crippen LogP contribution is 2.46. The van der Waals surface area contributed by atoms with Crippen molar-refractivity contribution in [3.05, 3.63) is 134 Å². The van der Waals surface area contributed by atoms with Crippen molar-refractivity contribution in [1.29, 1.82) is 0 Å². The molecule has 0 spiro atoms. The molecule has 0 amide bonds. The molecule has 6 rings (SSSR count). The molecule has 3 aromatic carbocycles. The van der Waals surface area contributed by atoms with E-state index < -0.39 is 28.5 Å². The number of aromatic amines is 1. The first-order chi connectivity index (χ1) is 26.7. The molecule has 292 valence electrons. The van der Waals surface area contributed by atoms with Gasteiger partial charge in [-0.2, -0.15) is 13.2 Å². The summed E-state index contributed by atoms with van der Waals surface area (Å²) in [5.41, 5.74) is -0.251. The molecular weight excluding hydrogens is 768 g/mol. The summed E-state index contributed by atoms with van der Waals surface area (Å²) >= 11 is 13.3. The summed E-state index contributed by atoms with van der Waals surface area (Å²) in [7, 11) is 3.14. The zero-order valence-electron chi connectivity index (χ0n) is 31.2. The van der Waals surface area contributed by atoms with Crippen LogP contribution >= 0.6 is 23.2 Å². The average Bonchev–Trinajstić information content (AvgIpc) is 3.16. The zero-order chi connectivity index (χ0) is 40.2. The first kappa shape index (κ1) is 40.3. The van der Waals surface area contributed by atoms with Gasteiger partial charge in [-0.1, -0.05) is 53.5 Å². The molecule has 0 aliphatic rings. The van der Waals surface area contributed by atoms with Crippen LogP contribution in [-0.4, -0.2) is 47.3 Å². The minimum absolute atomic E-state index is 0.0158. The quantitative estimate of drug-likeness (QED) is 0.0822. The number of hydrogen-bond donors (Lipinski definition) is 2. The Morgan fingerprint density at radius 2 is 1.52 bits per heavy atom. The Kier molecular flexibility index (Phi) is 12.1. The maximum absolute atomic E-state index is 15.1. The van der Waals surface area contributed by atoms with E-state index in [1.54, 1.807) is 26.5 Å². The van der Waals surface area contributed by atoms with Gasteiger partial charge >= 0.3 is 6.18 Å². The summed E-state index contributed by atoms with van der Waals surface area (Å²) in [5.74, 6) is 1.46. The molecule has 56 heavy (non-hydrogen) atoms. The van der Waals surface area contributed by atoms with Crippen molar-refractivity contribution in [2.45, 2.75) is 45.6 Å². The summed E-state index contributed by atoms with van der Waals surface area (Å²) < 4.78 is 62.0. The van der Waals surface area contributed by atoms with Crippen molar-refractivity contribution >= 4 is 39.9 Å². The maximum atomic E-state index is 15.1. The van der Waals surface area contributed by atoms with Crippen LogP contribution in [0.4, 0.5) is 19.0 Å². The van der Waals surface area contributed by atoms with Gasteiger partial charge in [-0.3, -0.25) is 4.79 Å². The molecule has 0 unspecified atom stereocenters. The van der Waals surface area contributed by atoms with Crippen LogP contribution in [-0.2, 0) is 24.8 Å². The Hall–Kier alpha value is -5.37. The number of H-pyrrole nitrogens is 1. The molecule has 0 saturated heterocycles. The minimum Gasteiger partial charge on any atom is -0.497 e. The molecular formula is C41H39Cl2F3N6O4. The van der Waals surface area contributed by atoms with E-state index in [4.69, 9.17) is 42.4 Å². The van der Waals surface area contributed by atoms with Crippen LogP contribution in [0.3, 0.4) is 0 Å². The maximum Gasteiger partial charge on any atom is 0.418 e. The molecule has 0 saturated carbocycles. The van der Waals surface area contributed by atoms with Crippen molar-refractivity contribution in [3.63, 3.8) is 0 Å². The average molecular weight is 808 g/mol. The van der Waals surface area contributed by atoms with Crippen LogP contribution < -0.4 is 30.0 Å². The Balaban J connectivity index is 1.44. The molecule has 0 aliphatic carbocycles. The topological polar surface area (TPSA) is 114 Å². The van der Waals surface area contributed by atoms with Crippen LogP contribution in [0.15, 0.2) is 90.1 Å². The molecule has 3 aromatic heterocycles. The fraction of sp³-hybridized carbons (Fsp3) is 0.268. The highest BCUT2D eigenvalue weighted by Gasteiger charge is 2.38. The van der Waals surface area contributed by atoms with E-state index >= 15 is 13.2 Å². The number of aryl methyl sites for hydroxylation is 1. The molecule has 0 bridgehead atoms. The first-order valence-corrected chi connectivity index (χ1v) is 18.2. The number of halogens is 5. The Bertz CT molecular complexity index is 2340. The molecule has 0 aliphatic heterocycles. The van der Waals surface area contributed by atoms with Crippen LogP contribution in [0, 0.1) is 6.92 Å². The van der Waals surface area contributed by atoms with E-state index in [-0.39, 0.29) is 64.9 Å². The lowest BCUT2D eigenvalue weighted by atomic mass is 9.96. The second-order valence-electron chi connectivity index (χ2n) is 13.5. The van der Waals surface area contributed by atoms with Gasteiger partial charge in [0.15, 0.2) is 5.75 Å². The van der Waals surface area contributed by atoms with Gasteiger partial charge < -0.3 is 29.4 Å². The van der Waals surface area contributed by atoms with Gasteiger partial charge in [0.1, 0.15) is 34.5 Å². The van der Waals surface area contributed by atoms with E-state index in [2.05, 4.69) is 20.3 Å². The standard InChI is InChI=1S/C41H39Cl2F3N6O4/c1-24-19-32(52(21-25-8-12-27(54-4)13-9-25)22-26-10-14-28(55-5)15-11-26)51-36(34(24)41(44,45)46)29-20-31-33(39(53)49-23-48-31)37(35(29)42)56-18-17-50-40(2,3)30-7-6-16-47-38(30)43/h6-16,19-20,23,50H,17-18,21-22H2,1-5H3,(H,48,49,53). The second-order valence-corrected chi connectivity index (χ2v) is 14.2. The van der Waals surface area contributed by atoms with E-state index in [0.29, 0.717) is 16.7 Å². The van der Waals surface area contributed by atoms with Gasteiger partial charge in [-0.05, 0) is 79.9 Å². The fourth-order valence-electron chi connectivity index (χ4n) is 6.44. The normalized spacial score (nSPS) is 11.8. The van der Waals surface area contributed by atoms with Crippen molar-refractivity contribution in [2.24, 2.45) is 0 Å². The van der Waals surface area contributed by atoms with Gasteiger partial charge in [-0.15, -0.1) is 0 Å². The second kappa shape index (κ2) is 16.8. The van der Waals surface area contributed by atoms with Crippen molar-refractivity contribution in [1.82, 2.24) is 25.3 Å². The SMILES string of the molecule is COc1ccc(CN(Cc2ccc(OC)cc2)c2cc(C)c(C(F)(F)F)c(-c3cc4nc[nH]c(=O)c4c(OCCNC(C)(C)c4cccnc4Cl)c3Cl)n2)cc1. The van der Waals surface area contributed by atoms with Gasteiger partial charge in [0.25, 0.3) is 5.56 Å². The zero-order valence-corrected chi connectivity index (χ0v) is 32.7. The summed E-state index contributed by atoms with van der Waals surface area (Å²) in [4.78, 5) is 30.7. The van der Waals surface area contributed by atoms with E-state index in [0.717, 1.165) is 16.7 Å². The molecule has 0 fully saturated rings. The van der Waals surface area contributed by atoms with Crippen molar-refractivity contribution in [3.8, 4) is 28.5 Å². The third-order valence-corrected chi connectivity index (χ3v) is 9.98. The van der Waals surface area contributed by atoms with Gasteiger partial charge in [0, 0.05) is 42.5 Å². The van der Waals surface area contributed by atoms with Crippen LogP contribution in [0.2, 0.25) is 10.2 Å². The fourth-order valence-corrected chi connectivity index (χ4v) is 7.09. The summed E-state index contributed by atoms with van der Waals surface area (Å²) in [5, 5.41) is 3.44. The molecule has 15 heteroatoms. The summed E-state index contributed by atoms with van der Waals surface area (Å²) in [6, 6.07) is 21.1. The van der Waals surface area contributed by atoms with Gasteiger partial charge in [0.05, 0.1) is 42.3 Å². The highest BCUT2D eigenvalue weighted by molar-refractivity contribution is 6.36. The van der Waals surface area contributed by atoms with Crippen molar-refractivity contribution in [2.75, 3.05) is 32.3 Å². The number of methoxy groups -OCH3 is 2. The lowest BCUT2D eigenvalue weighted by Crippen LogP contribution is -2.39. The van der Waals surface area contributed by atoms with E-state index in [1.807, 2.05) is 73.3 Å². The van der Waals surface area contributed by atoms with Crippen molar-refractivity contribution < 1.29 is 27.4 Å². The number of hydrogen-bond acceptors (Lipinski definition) is 9. The number of ether oxygens (including phenoxy) is 3. The summed E-state index contributed by atoms with van der Waals surface area (Å²) in [6.07, 6.45) is -2.07. The summed E-state index contributed by atoms with van der Waals surface area (Å²) in [6.45, 7) is 6.01. The number of alkyl halides is 3. The van der Waals surface area contributed by atoms with Crippen LogP contribution in [0.5, 0.6) is 17.2 Å². The number of rotatable bonds is 14. The smallest absolute Gasteiger partial charge is 0.418 e. The number of aromatic nitrogens is 4. The highest BCUT2D eigenvalue weighted by atomic mass is 35.5. The third-order valence-electron chi connectivity index (χ3n) is 9.30. The largest absolute Gasteiger partial charge is 0.497 e. The molecule has 2 N–H and O–H groups in total.